The summed E-state index contributed by atoms with van der Waals surface area (Å²) in [6.07, 6.45) is -0.933. The lowest BCUT2D eigenvalue weighted by Crippen LogP contribution is -2.42. The van der Waals surface area contributed by atoms with Gasteiger partial charge in [-0.1, -0.05) is 0 Å². The van der Waals surface area contributed by atoms with E-state index in [0.29, 0.717) is 6.07 Å². The molecule has 80 valence electrons. The van der Waals surface area contributed by atoms with Crippen molar-refractivity contribution < 1.29 is 18.3 Å². The van der Waals surface area contributed by atoms with Crippen LogP contribution in [0.3, 0.4) is 0 Å². The summed E-state index contributed by atoms with van der Waals surface area (Å²) in [6, 6.07) is 1.67. The summed E-state index contributed by atoms with van der Waals surface area (Å²) in [4.78, 5) is 11.2. The van der Waals surface area contributed by atoms with Gasteiger partial charge in [0, 0.05) is 18.7 Å². The Morgan fingerprint density at radius 1 is 1.47 bits per heavy atom. The first-order chi connectivity index (χ1) is 7.11. The maximum atomic E-state index is 13.2. The third-order valence-electron chi connectivity index (χ3n) is 2.03. The van der Waals surface area contributed by atoms with Crippen molar-refractivity contribution in [1.29, 1.82) is 0 Å². The number of fused-ring (bicyclic) bond motifs is 1. The van der Waals surface area contributed by atoms with Crippen LogP contribution in [0.1, 0.15) is 0 Å². The molecule has 0 fully saturated rings. The van der Waals surface area contributed by atoms with E-state index >= 15 is 0 Å². The molecule has 1 amide bonds. The summed E-state index contributed by atoms with van der Waals surface area (Å²) in [7, 11) is 0. The molecular weight excluding hydrogens is 206 g/mol. The maximum Gasteiger partial charge on any atom is 0.266 e. The largest absolute Gasteiger partial charge is 0.474 e. The fourth-order valence-corrected chi connectivity index (χ4v) is 1.34. The van der Waals surface area contributed by atoms with Gasteiger partial charge >= 0.3 is 0 Å². The molecule has 4 nitrogen and oxygen atoms in total. The number of anilines is 1. The van der Waals surface area contributed by atoms with Gasteiger partial charge in [-0.05, 0) is 0 Å². The van der Waals surface area contributed by atoms with Gasteiger partial charge in [0.2, 0.25) is 0 Å². The SMILES string of the molecule is NCC1Oc2c(F)cc(F)cc2NC1=O. The van der Waals surface area contributed by atoms with E-state index in [4.69, 9.17) is 10.5 Å². The zero-order valence-corrected chi connectivity index (χ0v) is 7.59. The highest BCUT2D eigenvalue weighted by atomic mass is 19.1. The van der Waals surface area contributed by atoms with Crippen molar-refractivity contribution in [1.82, 2.24) is 0 Å². The topological polar surface area (TPSA) is 64.3 Å². The van der Waals surface area contributed by atoms with Gasteiger partial charge < -0.3 is 15.8 Å². The second-order valence-electron chi connectivity index (χ2n) is 3.10. The first-order valence-corrected chi connectivity index (χ1v) is 4.28. The Bertz CT molecular complexity index is 423. The second-order valence-corrected chi connectivity index (χ2v) is 3.10. The number of halogens is 2. The third kappa shape index (κ3) is 1.63. The summed E-state index contributed by atoms with van der Waals surface area (Å²) in [6.45, 7) is -0.0674. The Balaban J connectivity index is 2.45. The molecule has 2 rings (SSSR count). The maximum absolute atomic E-state index is 13.2. The molecule has 0 saturated heterocycles. The summed E-state index contributed by atoms with van der Waals surface area (Å²) in [5, 5.41) is 2.32. The van der Waals surface area contributed by atoms with Crippen molar-refractivity contribution in [2.75, 3.05) is 11.9 Å². The fraction of sp³-hybridized carbons (Fsp3) is 0.222. The van der Waals surface area contributed by atoms with Crippen molar-refractivity contribution in [2.45, 2.75) is 6.10 Å². The van der Waals surface area contributed by atoms with Crippen LogP contribution in [0.4, 0.5) is 14.5 Å². The number of amides is 1. The van der Waals surface area contributed by atoms with Gasteiger partial charge in [-0.3, -0.25) is 4.79 Å². The van der Waals surface area contributed by atoms with Crippen LogP contribution in [-0.4, -0.2) is 18.6 Å². The standard InChI is InChI=1S/C9H8F2N2O2/c10-4-1-5(11)8-6(2-4)13-9(14)7(3-12)15-8/h1-2,7H,3,12H2,(H,13,14). The van der Waals surface area contributed by atoms with Crippen molar-refractivity contribution in [3.63, 3.8) is 0 Å². The Morgan fingerprint density at radius 3 is 2.87 bits per heavy atom. The quantitative estimate of drug-likeness (QED) is 0.720. The Kier molecular flexibility index (Phi) is 2.28. The van der Waals surface area contributed by atoms with Gasteiger partial charge in [0.1, 0.15) is 5.82 Å². The van der Waals surface area contributed by atoms with E-state index in [1.165, 1.54) is 0 Å². The van der Waals surface area contributed by atoms with Gasteiger partial charge in [0.05, 0.1) is 5.69 Å². The fourth-order valence-electron chi connectivity index (χ4n) is 1.34. The minimum Gasteiger partial charge on any atom is -0.474 e. The first kappa shape index (κ1) is 9.85. The van der Waals surface area contributed by atoms with Crippen LogP contribution >= 0.6 is 0 Å². The molecule has 1 aliphatic rings. The average molecular weight is 214 g/mol. The molecule has 0 saturated carbocycles. The van der Waals surface area contributed by atoms with E-state index < -0.39 is 23.6 Å². The number of carbonyl (C=O) groups excluding carboxylic acids is 1. The molecule has 6 heteroatoms. The van der Waals surface area contributed by atoms with Crippen LogP contribution in [0.2, 0.25) is 0 Å². The second kappa shape index (κ2) is 3.47. The van der Waals surface area contributed by atoms with Gasteiger partial charge in [-0.25, -0.2) is 8.78 Å². The molecule has 15 heavy (non-hydrogen) atoms. The molecular formula is C9H8F2N2O2. The summed E-state index contributed by atoms with van der Waals surface area (Å²) in [5.41, 5.74) is 5.24. The number of carbonyl (C=O) groups is 1. The van der Waals surface area contributed by atoms with Crippen LogP contribution in [-0.2, 0) is 4.79 Å². The van der Waals surface area contributed by atoms with E-state index in [1.54, 1.807) is 0 Å². The van der Waals surface area contributed by atoms with Crippen molar-refractivity contribution in [2.24, 2.45) is 5.73 Å². The number of nitrogens with two attached hydrogens (primary N) is 1. The molecule has 0 aromatic heterocycles. The van der Waals surface area contributed by atoms with Gasteiger partial charge in [0.25, 0.3) is 5.91 Å². The molecule has 1 aromatic carbocycles. The summed E-state index contributed by atoms with van der Waals surface area (Å²) >= 11 is 0. The number of ether oxygens (including phenoxy) is 1. The lowest BCUT2D eigenvalue weighted by Gasteiger charge is -2.24. The monoisotopic (exact) mass is 214 g/mol. The Labute approximate surface area is 84.0 Å². The normalized spacial score (nSPS) is 19.1. The van der Waals surface area contributed by atoms with E-state index in [9.17, 15) is 13.6 Å². The molecule has 1 heterocycles. The molecule has 1 unspecified atom stereocenters. The number of benzene rings is 1. The van der Waals surface area contributed by atoms with Gasteiger partial charge in [0.15, 0.2) is 17.7 Å². The Hall–Kier alpha value is -1.69. The molecule has 1 aromatic rings. The lowest BCUT2D eigenvalue weighted by atomic mass is 10.2. The van der Waals surface area contributed by atoms with E-state index in [2.05, 4.69) is 5.32 Å². The highest BCUT2D eigenvalue weighted by Crippen LogP contribution is 2.32. The zero-order chi connectivity index (χ0) is 11.0. The molecule has 0 spiro atoms. The van der Waals surface area contributed by atoms with E-state index in [1.807, 2.05) is 0 Å². The smallest absolute Gasteiger partial charge is 0.266 e. The predicted molar refractivity (Wildman–Crippen MR) is 48.5 cm³/mol. The van der Waals surface area contributed by atoms with Gasteiger partial charge in [-0.15, -0.1) is 0 Å². The average Bonchev–Trinajstić information content (AvgIpc) is 2.16. The van der Waals surface area contributed by atoms with Crippen molar-refractivity contribution >= 4 is 11.6 Å². The molecule has 1 aliphatic heterocycles. The van der Waals surface area contributed by atoms with Crippen molar-refractivity contribution in [3.8, 4) is 5.75 Å². The van der Waals surface area contributed by atoms with E-state index in [0.717, 1.165) is 6.07 Å². The lowest BCUT2D eigenvalue weighted by molar-refractivity contribution is -0.123. The van der Waals surface area contributed by atoms with Gasteiger partial charge in [-0.2, -0.15) is 0 Å². The van der Waals surface area contributed by atoms with E-state index in [-0.39, 0.29) is 18.0 Å². The minimum atomic E-state index is -0.933. The number of nitrogens with one attached hydrogen (secondary N) is 1. The number of hydrogen-bond donors (Lipinski definition) is 2. The number of rotatable bonds is 1. The van der Waals surface area contributed by atoms with Crippen LogP contribution in [0.15, 0.2) is 12.1 Å². The molecule has 3 N–H and O–H groups in total. The zero-order valence-electron chi connectivity index (χ0n) is 7.59. The first-order valence-electron chi connectivity index (χ1n) is 4.28. The molecule has 1 atom stereocenters. The molecule has 0 radical (unpaired) electrons. The Morgan fingerprint density at radius 2 is 2.20 bits per heavy atom. The summed E-state index contributed by atoms with van der Waals surface area (Å²) in [5.74, 6) is -2.31. The third-order valence-corrected chi connectivity index (χ3v) is 2.03. The molecule has 0 aliphatic carbocycles. The van der Waals surface area contributed by atoms with Crippen molar-refractivity contribution in [3.05, 3.63) is 23.8 Å². The van der Waals surface area contributed by atoms with Crippen LogP contribution in [0.25, 0.3) is 0 Å². The highest BCUT2D eigenvalue weighted by Gasteiger charge is 2.29. The predicted octanol–water partition coefficient (Wildman–Crippen LogP) is 0.623. The highest BCUT2D eigenvalue weighted by molar-refractivity contribution is 5.97. The number of hydrogen-bond acceptors (Lipinski definition) is 3. The van der Waals surface area contributed by atoms with Crippen LogP contribution in [0, 0.1) is 11.6 Å². The minimum absolute atomic E-state index is 0.0119. The van der Waals surface area contributed by atoms with Crippen LogP contribution in [0.5, 0.6) is 5.75 Å². The van der Waals surface area contributed by atoms with Crippen LogP contribution < -0.4 is 15.8 Å². The summed E-state index contributed by atoms with van der Waals surface area (Å²) < 4.78 is 31.0. The molecule has 0 bridgehead atoms.